The van der Waals surface area contributed by atoms with Crippen LogP contribution in [0.1, 0.15) is 38.5 Å². The van der Waals surface area contributed by atoms with Crippen molar-refractivity contribution >= 4 is 0 Å². The zero-order valence-corrected chi connectivity index (χ0v) is 12.6. The quantitative estimate of drug-likeness (QED) is 0.708. The topological polar surface area (TPSA) is 18.5 Å². The molecule has 1 N–H and O–H groups in total. The van der Waals surface area contributed by atoms with Crippen LogP contribution in [0.4, 0.5) is 0 Å². The summed E-state index contributed by atoms with van der Waals surface area (Å²) in [6.07, 6.45) is 8.65. The molecule has 0 atom stereocenters. The van der Waals surface area contributed by atoms with Gasteiger partial charge in [0.1, 0.15) is 0 Å². The van der Waals surface area contributed by atoms with Crippen LogP contribution < -0.4 is 5.32 Å². The van der Waals surface area contributed by atoms with Gasteiger partial charge in [-0.3, -0.25) is 0 Å². The SMILES string of the molecule is CN1CCCN(CCCNC(C2CC2)C2CC2)CC1. The fraction of sp³-hybridized carbons (Fsp3) is 1.00. The summed E-state index contributed by atoms with van der Waals surface area (Å²) in [5.74, 6) is 2.08. The summed E-state index contributed by atoms with van der Waals surface area (Å²) in [5.41, 5.74) is 0. The lowest BCUT2D eigenvalue weighted by molar-refractivity contribution is 0.268. The van der Waals surface area contributed by atoms with Crippen LogP contribution in [-0.4, -0.2) is 62.2 Å². The molecule has 3 aliphatic rings. The fourth-order valence-corrected chi connectivity index (χ4v) is 3.52. The highest BCUT2D eigenvalue weighted by Gasteiger charge is 2.40. The van der Waals surface area contributed by atoms with Gasteiger partial charge in [0.15, 0.2) is 0 Å². The summed E-state index contributed by atoms with van der Waals surface area (Å²) in [4.78, 5) is 5.13. The van der Waals surface area contributed by atoms with Crippen LogP contribution in [0.3, 0.4) is 0 Å². The monoisotopic (exact) mass is 265 g/mol. The Hall–Kier alpha value is -0.120. The molecule has 0 spiro atoms. The lowest BCUT2D eigenvalue weighted by atomic mass is 10.1. The van der Waals surface area contributed by atoms with Crippen LogP contribution in [-0.2, 0) is 0 Å². The third kappa shape index (κ3) is 4.44. The van der Waals surface area contributed by atoms with Gasteiger partial charge in [0.2, 0.25) is 0 Å². The smallest absolute Gasteiger partial charge is 0.0124 e. The van der Waals surface area contributed by atoms with Crippen LogP contribution >= 0.6 is 0 Å². The Kier molecular flexibility index (Phi) is 4.78. The third-order valence-corrected chi connectivity index (χ3v) is 5.10. The van der Waals surface area contributed by atoms with E-state index in [0.29, 0.717) is 0 Å². The maximum absolute atomic E-state index is 3.87. The van der Waals surface area contributed by atoms with Gasteiger partial charge in [-0.25, -0.2) is 0 Å². The molecule has 3 rings (SSSR count). The Morgan fingerprint density at radius 1 is 1.00 bits per heavy atom. The van der Waals surface area contributed by atoms with E-state index in [2.05, 4.69) is 22.2 Å². The zero-order chi connectivity index (χ0) is 13.1. The molecule has 0 aromatic heterocycles. The summed E-state index contributed by atoms with van der Waals surface area (Å²) in [5, 5.41) is 3.87. The number of likely N-dealkylation sites (N-methyl/N-ethyl adjacent to an activating group) is 1. The minimum atomic E-state index is 0.885. The van der Waals surface area contributed by atoms with Crippen LogP contribution in [0, 0.1) is 11.8 Å². The summed E-state index contributed by atoms with van der Waals surface area (Å²) >= 11 is 0. The van der Waals surface area contributed by atoms with Gasteiger partial charge in [-0.2, -0.15) is 0 Å². The van der Waals surface area contributed by atoms with E-state index in [1.165, 1.54) is 77.8 Å². The van der Waals surface area contributed by atoms with E-state index in [0.717, 1.165) is 17.9 Å². The van der Waals surface area contributed by atoms with Crippen molar-refractivity contribution in [2.75, 3.05) is 46.3 Å². The van der Waals surface area contributed by atoms with E-state index in [9.17, 15) is 0 Å². The molecule has 0 bridgehead atoms. The van der Waals surface area contributed by atoms with Gasteiger partial charge in [-0.05, 0) is 83.6 Å². The summed E-state index contributed by atoms with van der Waals surface area (Å²) in [6.45, 7) is 7.64. The number of rotatable bonds is 7. The van der Waals surface area contributed by atoms with Crippen LogP contribution in [0.15, 0.2) is 0 Å². The van der Waals surface area contributed by atoms with Crippen LogP contribution in [0.2, 0.25) is 0 Å². The Bertz CT molecular complexity index is 261. The van der Waals surface area contributed by atoms with Gasteiger partial charge >= 0.3 is 0 Å². The molecule has 2 aliphatic carbocycles. The van der Waals surface area contributed by atoms with Crippen LogP contribution in [0.25, 0.3) is 0 Å². The molecule has 0 unspecified atom stereocenters. The first-order chi connectivity index (χ1) is 9.33. The van der Waals surface area contributed by atoms with Gasteiger partial charge in [0, 0.05) is 19.1 Å². The van der Waals surface area contributed by atoms with Crippen molar-refractivity contribution in [1.82, 2.24) is 15.1 Å². The van der Waals surface area contributed by atoms with E-state index in [1.807, 2.05) is 0 Å². The molecule has 0 radical (unpaired) electrons. The fourth-order valence-electron chi connectivity index (χ4n) is 3.52. The van der Waals surface area contributed by atoms with Crippen molar-refractivity contribution in [1.29, 1.82) is 0 Å². The normalized spacial score (nSPS) is 26.8. The molecule has 19 heavy (non-hydrogen) atoms. The van der Waals surface area contributed by atoms with E-state index in [1.54, 1.807) is 0 Å². The maximum Gasteiger partial charge on any atom is 0.0124 e. The highest BCUT2D eigenvalue weighted by atomic mass is 15.2. The predicted octanol–water partition coefficient (Wildman–Crippen LogP) is 1.79. The Labute approximate surface area is 118 Å². The Morgan fingerprint density at radius 2 is 1.74 bits per heavy atom. The number of hydrogen-bond acceptors (Lipinski definition) is 3. The van der Waals surface area contributed by atoms with E-state index in [-0.39, 0.29) is 0 Å². The molecule has 1 heterocycles. The molecule has 2 saturated carbocycles. The molecule has 1 saturated heterocycles. The molecule has 3 fully saturated rings. The average molecular weight is 265 g/mol. The summed E-state index contributed by atoms with van der Waals surface area (Å²) in [6, 6.07) is 0.885. The van der Waals surface area contributed by atoms with Gasteiger partial charge in [0.05, 0.1) is 0 Å². The zero-order valence-electron chi connectivity index (χ0n) is 12.6. The second kappa shape index (κ2) is 6.55. The van der Waals surface area contributed by atoms with Crippen molar-refractivity contribution in [2.24, 2.45) is 11.8 Å². The predicted molar refractivity (Wildman–Crippen MR) is 80.4 cm³/mol. The lowest BCUT2D eigenvalue weighted by Gasteiger charge is -2.22. The largest absolute Gasteiger partial charge is 0.313 e. The average Bonchev–Trinajstić information content (AvgIpc) is 3.27. The minimum absolute atomic E-state index is 0.885. The molecule has 0 aromatic rings. The highest BCUT2D eigenvalue weighted by molar-refractivity contribution is 4.96. The first-order valence-corrected chi connectivity index (χ1v) is 8.47. The second-order valence-corrected chi connectivity index (χ2v) is 7.01. The van der Waals surface area contributed by atoms with Crippen molar-refractivity contribution in [3.63, 3.8) is 0 Å². The van der Waals surface area contributed by atoms with Crippen molar-refractivity contribution in [3.05, 3.63) is 0 Å². The van der Waals surface area contributed by atoms with Gasteiger partial charge in [0.25, 0.3) is 0 Å². The Balaban J connectivity index is 1.29. The molecular weight excluding hydrogens is 234 g/mol. The van der Waals surface area contributed by atoms with Crippen molar-refractivity contribution in [2.45, 2.75) is 44.6 Å². The standard InChI is InChI=1S/C16H31N3/c1-18-9-3-11-19(13-12-18)10-2-8-17-16(14-4-5-14)15-6-7-15/h14-17H,2-13H2,1H3. The van der Waals surface area contributed by atoms with E-state index >= 15 is 0 Å². The van der Waals surface area contributed by atoms with E-state index < -0.39 is 0 Å². The molecular formula is C16H31N3. The highest BCUT2D eigenvalue weighted by Crippen LogP contribution is 2.44. The van der Waals surface area contributed by atoms with Crippen molar-refractivity contribution in [3.8, 4) is 0 Å². The Morgan fingerprint density at radius 3 is 2.42 bits per heavy atom. The van der Waals surface area contributed by atoms with Gasteiger partial charge < -0.3 is 15.1 Å². The molecule has 3 nitrogen and oxygen atoms in total. The van der Waals surface area contributed by atoms with Gasteiger partial charge in [-0.15, -0.1) is 0 Å². The summed E-state index contributed by atoms with van der Waals surface area (Å²) in [7, 11) is 2.25. The second-order valence-electron chi connectivity index (χ2n) is 7.01. The number of hydrogen-bond donors (Lipinski definition) is 1. The maximum atomic E-state index is 3.87. The van der Waals surface area contributed by atoms with E-state index in [4.69, 9.17) is 0 Å². The number of nitrogens with zero attached hydrogens (tertiary/aromatic N) is 2. The third-order valence-electron chi connectivity index (χ3n) is 5.10. The molecule has 110 valence electrons. The first-order valence-electron chi connectivity index (χ1n) is 8.47. The van der Waals surface area contributed by atoms with Gasteiger partial charge in [-0.1, -0.05) is 0 Å². The molecule has 0 aromatic carbocycles. The van der Waals surface area contributed by atoms with Crippen LogP contribution in [0.5, 0.6) is 0 Å². The molecule has 3 heteroatoms. The minimum Gasteiger partial charge on any atom is -0.313 e. The summed E-state index contributed by atoms with van der Waals surface area (Å²) < 4.78 is 0. The lowest BCUT2D eigenvalue weighted by Crippen LogP contribution is -2.36. The number of nitrogens with one attached hydrogen (secondary N) is 1. The first kappa shape index (κ1) is 13.8. The molecule has 0 amide bonds. The molecule has 1 aliphatic heterocycles. The van der Waals surface area contributed by atoms with Crippen molar-refractivity contribution < 1.29 is 0 Å².